The third-order valence-electron chi connectivity index (χ3n) is 4.85. The Labute approximate surface area is 128 Å². The predicted octanol–water partition coefficient (Wildman–Crippen LogP) is 3.55. The largest absolute Gasteiger partial charge is 0.311 e. The summed E-state index contributed by atoms with van der Waals surface area (Å²) in [5.41, 5.74) is 0.960. The summed E-state index contributed by atoms with van der Waals surface area (Å²) in [5, 5.41) is 3.59. The van der Waals surface area contributed by atoms with Gasteiger partial charge in [-0.2, -0.15) is 0 Å². The molecule has 1 N–H and O–H groups in total. The highest BCUT2D eigenvalue weighted by molar-refractivity contribution is 9.10. The van der Waals surface area contributed by atoms with Gasteiger partial charge in [0.2, 0.25) is 0 Å². The molecule has 1 aliphatic carbocycles. The Hall–Kier alpha value is -0.450. The maximum Gasteiger partial charge on any atom is 0.127 e. The van der Waals surface area contributed by atoms with Crippen LogP contribution in [0.25, 0.3) is 0 Å². The normalized spacial score (nSPS) is 31.5. The number of piperazine rings is 1. The van der Waals surface area contributed by atoms with Crippen LogP contribution in [0.15, 0.2) is 22.7 Å². The molecule has 2 nitrogen and oxygen atoms in total. The fraction of sp³-hybridized carbons (Fsp3) is 0.625. The summed E-state index contributed by atoms with van der Waals surface area (Å²) < 4.78 is 15.0. The zero-order chi connectivity index (χ0) is 14.3. The smallest absolute Gasteiger partial charge is 0.127 e. The van der Waals surface area contributed by atoms with Gasteiger partial charge in [-0.05, 0) is 50.8 Å². The number of hydrogen-bond donors (Lipinski definition) is 1. The molecule has 2 aliphatic rings. The van der Waals surface area contributed by atoms with Crippen molar-refractivity contribution in [3.63, 3.8) is 0 Å². The second-order valence-electron chi connectivity index (χ2n) is 6.53. The summed E-state index contributed by atoms with van der Waals surface area (Å²) in [5.74, 6) is 0.662. The van der Waals surface area contributed by atoms with Crippen molar-refractivity contribution < 1.29 is 4.39 Å². The van der Waals surface area contributed by atoms with E-state index in [2.05, 4.69) is 40.0 Å². The SMILES string of the molecule is CC1CN(Cc2cc(Br)ccc2F)C(C)(C2CC2)CN1. The van der Waals surface area contributed by atoms with Gasteiger partial charge in [0.25, 0.3) is 0 Å². The molecular formula is C16H22BrFN2. The molecule has 0 radical (unpaired) electrons. The van der Waals surface area contributed by atoms with Crippen LogP contribution in [-0.4, -0.2) is 29.6 Å². The van der Waals surface area contributed by atoms with Crippen molar-refractivity contribution in [1.29, 1.82) is 0 Å². The summed E-state index contributed by atoms with van der Waals surface area (Å²) >= 11 is 3.45. The van der Waals surface area contributed by atoms with Gasteiger partial charge in [0, 0.05) is 41.3 Å². The van der Waals surface area contributed by atoms with Crippen LogP contribution in [0.5, 0.6) is 0 Å². The Morgan fingerprint density at radius 1 is 1.45 bits per heavy atom. The first-order valence-corrected chi connectivity index (χ1v) is 8.21. The van der Waals surface area contributed by atoms with E-state index >= 15 is 0 Å². The summed E-state index contributed by atoms with van der Waals surface area (Å²) in [4.78, 5) is 2.48. The van der Waals surface area contributed by atoms with Gasteiger partial charge in [0.1, 0.15) is 5.82 Å². The molecule has 1 saturated heterocycles. The first-order chi connectivity index (χ1) is 9.49. The number of halogens is 2. The average molecular weight is 341 g/mol. The van der Waals surface area contributed by atoms with Crippen LogP contribution < -0.4 is 5.32 Å². The molecule has 0 spiro atoms. The van der Waals surface area contributed by atoms with Crippen molar-refractivity contribution in [1.82, 2.24) is 10.2 Å². The second kappa shape index (κ2) is 5.39. The summed E-state index contributed by atoms with van der Waals surface area (Å²) in [6.07, 6.45) is 2.62. The van der Waals surface area contributed by atoms with Gasteiger partial charge in [-0.15, -0.1) is 0 Å². The van der Waals surface area contributed by atoms with Crippen molar-refractivity contribution in [2.24, 2.45) is 5.92 Å². The Bertz CT molecular complexity index is 503. The molecule has 2 unspecified atom stereocenters. The van der Waals surface area contributed by atoms with E-state index in [1.807, 2.05) is 6.07 Å². The molecule has 20 heavy (non-hydrogen) atoms. The van der Waals surface area contributed by atoms with Crippen LogP contribution in [-0.2, 0) is 6.54 Å². The van der Waals surface area contributed by atoms with Gasteiger partial charge < -0.3 is 5.32 Å². The van der Waals surface area contributed by atoms with Gasteiger partial charge in [-0.3, -0.25) is 4.90 Å². The van der Waals surface area contributed by atoms with Crippen LogP contribution >= 0.6 is 15.9 Å². The number of hydrogen-bond acceptors (Lipinski definition) is 2. The average Bonchev–Trinajstić information content (AvgIpc) is 3.23. The highest BCUT2D eigenvalue weighted by Crippen LogP contribution is 2.44. The van der Waals surface area contributed by atoms with Crippen LogP contribution in [0.3, 0.4) is 0 Å². The molecule has 1 aromatic rings. The lowest BCUT2D eigenvalue weighted by Gasteiger charge is -2.48. The van der Waals surface area contributed by atoms with Gasteiger partial charge in [0.15, 0.2) is 0 Å². The predicted molar refractivity (Wildman–Crippen MR) is 83.1 cm³/mol. The van der Waals surface area contributed by atoms with Crippen LogP contribution in [0.1, 0.15) is 32.3 Å². The van der Waals surface area contributed by atoms with Crippen molar-refractivity contribution in [2.75, 3.05) is 13.1 Å². The zero-order valence-electron chi connectivity index (χ0n) is 12.1. The van der Waals surface area contributed by atoms with Crippen LogP contribution in [0, 0.1) is 11.7 Å². The minimum Gasteiger partial charge on any atom is -0.311 e. The Balaban J connectivity index is 1.84. The third-order valence-corrected chi connectivity index (χ3v) is 5.34. The molecule has 0 aromatic heterocycles. The second-order valence-corrected chi connectivity index (χ2v) is 7.45. The van der Waals surface area contributed by atoms with E-state index in [4.69, 9.17) is 0 Å². The van der Waals surface area contributed by atoms with E-state index in [0.29, 0.717) is 12.6 Å². The molecule has 2 atom stereocenters. The van der Waals surface area contributed by atoms with Crippen molar-refractivity contribution >= 4 is 15.9 Å². The first-order valence-electron chi connectivity index (χ1n) is 7.41. The van der Waals surface area contributed by atoms with Gasteiger partial charge in [-0.1, -0.05) is 15.9 Å². The van der Waals surface area contributed by atoms with Crippen molar-refractivity contribution in [3.8, 4) is 0 Å². The number of nitrogens with one attached hydrogen (secondary N) is 1. The lowest BCUT2D eigenvalue weighted by Crippen LogP contribution is -2.63. The van der Waals surface area contributed by atoms with Crippen molar-refractivity contribution in [2.45, 2.75) is 44.8 Å². The quantitative estimate of drug-likeness (QED) is 0.905. The number of rotatable bonds is 3. The molecule has 1 aliphatic heterocycles. The van der Waals surface area contributed by atoms with Crippen LogP contribution in [0.4, 0.5) is 4.39 Å². The maximum absolute atomic E-state index is 14.0. The lowest BCUT2D eigenvalue weighted by molar-refractivity contribution is 0.0303. The Kier molecular flexibility index (Phi) is 3.91. The molecular weight excluding hydrogens is 319 g/mol. The maximum atomic E-state index is 14.0. The molecule has 4 heteroatoms. The Morgan fingerprint density at radius 2 is 2.20 bits per heavy atom. The summed E-state index contributed by atoms with van der Waals surface area (Å²) in [7, 11) is 0. The highest BCUT2D eigenvalue weighted by Gasteiger charge is 2.47. The highest BCUT2D eigenvalue weighted by atomic mass is 79.9. The number of benzene rings is 1. The molecule has 3 rings (SSSR count). The van der Waals surface area contributed by atoms with E-state index in [9.17, 15) is 4.39 Å². The zero-order valence-corrected chi connectivity index (χ0v) is 13.7. The standard InChI is InChI=1S/C16H22BrFN2/c1-11-8-20(16(2,10-19-11)13-3-4-13)9-12-7-14(17)5-6-15(12)18/h5-7,11,13,19H,3-4,8-10H2,1-2H3. The molecule has 2 fully saturated rings. The first kappa shape index (κ1) is 14.5. The molecule has 1 aromatic carbocycles. The molecule has 0 bridgehead atoms. The van der Waals surface area contributed by atoms with Gasteiger partial charge in [0.05, 0.1) is 0 Å². The molecule has 1 saturated carbocycles. The monoisotopic (exact) mass is 340 g/mol. The van der Waals surface area contributed by atoms with Crippen molar-refractivity contribution in [3.05, 3.63) is 34.1 Å². The fourth-order valence-electron chi connectivity index (χ4n) is 3.32. The van der Waals surface area contributed by atoms with Gasteiger partial charge >= 0.3 is 0 Å². The van der Waals surface area contributed by atoms with E-state index in [1.54, 1.807) is 12.1 Å². The van der Waals surface area contributed by atoms with E-state index in [-0.39, 0.29) is 11.4 Å². The van der Waals surface area contributed by atoms with E-state index in [0.717, 1.165) is 29.0 Å². The van der Waals surface area contributed by atoms with Gasteiger partial charge in [-0.25, -0.2) is 4.39 Å². The molecule has 110 valence electrons. The van der Waals surface area contributed by atoms with Crippen LogP contribution in [0.2, 0.25) is 0 Å². The van der Waals surface area contributed by atoms with E-state index in [1.165, 1.54) is 12.8 Å². The topological polar surface area (TPSA) is 15.3 Å². The molecule has 1 heterocycles. The summed E-state index contributed by atoms with van der Waals surface area (Å²) in [6, 6.07) is 5.70. The molecule has 0 amide bonds. The fourth-order valence-corrected chi connectivity index (χ4v) is 3.73. The number of nitrogens with zero attached hydrogens (tertiary/aromatic N) is 1. The summed E-state index contributed by atoms with van der Waals surface area (Å²) in [6.45, 7) is 7.23. The van der Waals surface area contributed by atoms with E-state index < -0.39 is 0 Å². The minimum atomic E-state index is -0.0995. The third kappa shape index (κ3) is 2.78. The lowest BCUT2D eigenvalue weighted by atomic mass is 9.89. The Morgan fingerprint density at radius 3 is 2.90 bits per heavy atom. The minimum absolute atomic E-state index is 0.0995.